The van der Waals surface area contributed by atoms with E-state index < -0.39 is 5.60 Å². The van der Waals surface area contributed by atoms with Gasteiger partial charge in [0.05, 0.1) is 18.5 Å². The first-order valence-electron chi connectivity index (χ1n) is 6.43. The van der Waals surface area contributed by atoms with Crippen LogP contribution < -0.4 is 5.32 Å². The quantitative estimate of drug-likeness (QED) is 0.630. The number of methoxy groups -OCH3 is 1. The maximum absolute atomic E-state index is 10.5. The van der Waals surface area contributed by atoms with Gasteiger partial charge in [-0.1, -0.05) is 12.1 Å². The van der Waals surface area contributed by atoms with Crippen LogP contribution in [0, 0.1) is 0 Å². The molecule has 1 atom stereocenters. The minimum atomic E-state index is -0.904. The summed E-state index contributed by atoms with van der Waals surface area (Å²) in [5, 5.41) is 21.6. The zero-order valence-electron chi connectivity index (χ0n) is 11.5. The van der Waals surface area contributed by atoms with E-state index in [-0.39, 0.29) is 0 Å². The normalized spacial score (nSPS) is 14.7. The number of nitrogens with zero attached hydrogens (tertiary/aromatic N) is 3. The van der Waals surface area contributed by atoms with E-state index >= 15 is 0 Å². The molecule has 0 aliphatic heterocycles. The van der Waals surface area contributed by atoms with Crippen LogP contribution in [0.25, 0.3) is 0 Å². The minimum absolute atomic E-state index is 0.619. The maximum atomic E-state index is 10.5. The lowest BCUT2D eigenvalue weighted by atomic mass is 9.98. The van der Waals surface area contributed by atoms with Gasteiger partial charge in [0.25, 0.3) is 0 Å². The van der Waals surface area contributed by atoms with Gasteiger partial charge in [-0.2, -0.15) is 0 Å². The first-order valence-corrected chi connectivity index (χ1v) is 6.43. The fourth-order valence-corrected chi connectivity index (χ4v) is 1.81. The molecule has 1 rings (SSSR count). The lowest BCUT2D eigenvalue weighted by Gasteiger charge is -2.23. The molecule has 2 N–H and O–H groups in total. The smallest absolute Gasteiger partial charge is 0.106 e. The van der Waals surface area contributed by atoms with Gasteiger partial charge in [-0.3, -0.25) is 0 Å². The summed E-state index contributed by atoms with van der Waals surface area (Å²) in [5.74, 6) is 0. The van der Waals surface area contributed by atoms with Gasteiger partial charge >= 0.3 is 0 Å². The number of hydrogen-bond acceptors (Lipinski definition) is 5. The van der Waals surface area contributed by atoms with E-state index in [9.17, 15) is 5.11 Å². The Morgan fingerprint density at radius 3 is 2.94 bits per heavy atom. The third-order valence-electron chi connectivity index (χ3n) is 2.88. The van der Waals surface area contributed by atoms with Crippen LogP contribution in [0.2, 0.25) is 0 Å². The monoisotopic (exact) mass is 256 g/mol. The molecule has 1 heterocycles. The Bertz CT molecular complexity index is 339. The average molecular weight is 256 g/mol. The Balaban J connectivity index is 2.48. The standard InChI is InChI=1S/C12H24N4O2/c1-4-8-16-11(10-14-15-16)12(2,17)5-6-13-7-9-18-3/h10,13,17H,4-9H2,1-3H3. The molecule has 0 aliphatic rings. The van der Waals surface area contributed by atoms with Gasteiger partial charge < -0.3 is 15.2 Å². The van der Waals surface area contributed by atoms with Gasteiger partial charge in [0.2, 0.25) is 0 Å². The van der Waals surface area contributed by atoms with Crippen LogP contribution in [0.4, 0.5) is 0 Å². The average Bonchev–Trinajstić information content (AvgIpc) is 2.78. The molecule has 0 aliphatic carbocycles. The van der Waals surface area contributed by atoms with E-state index in [1.165, 1.54) is 0 Å². The van der Waals surface area contributed by atoms with Crippen molar-refractivity contribution < 1.29 is 9.84 Å². The zero-order valence-corrected chi connectivity index (χ0v) is 11.5. The number of aryl methyl sites for hydroxylation is 1. The molecule has 0 radical (unpaired) electrons. The number of aromatic nitrogens is 3. The Kier molecular flexibility index (Phi) is 6.24. The minimum Gasteiger partial charge on any atom is -0.384 e. The number of aliphatic hydroxyl groups is 1. The van der Waals surface area contributed by atoms with E-state index in [4.69, 9.17) is 4.74 Å². The third kappa shape index (κ3) is 4.36. The molecule has 1 unspecified atom stereocenters. The van der Waals surface area contributed by atoms with Gasteiger partial charge in [-0.05, 0) is 26.3 Å². The van der Waals surface area contributed by atoms with E-state index in [1.807, 2.05) is 0 Å². The van der Waals surface area contributed by atoms with E-state index in [0.29, 0.717) is 13.0 Å². The highest BCUT2D eigenvalue weighted by atomic mass is 16.5. The van der Waals surface area contributed by atoms with Gasteiger partial charge in [-0.15, -0.1) is 5.10 Å². The summed E-state index contributed by atoms with van der Waals surface area (Å²) >= 11 is 0. The van der Waals surface area contributed by atoms with Crippen molar-refractivity contribution in [2.45, 2.75) is 38.8 Å². The molecular formula is C12H24N4O2. The van der Waals surface area contributed by atoms with Crippen LogP contribution in [0.5, 0.6) is 0 Å². The molecular weight excluding hydrogens is 232 g/mol. The van der Waals surface area contributed by atoms with Gasteiger partial charge in [0, 0.05) is 20.2 Å². The van der Waals surface area contributed by atoms with Crippen molar-refractivity contribution in [3.63, 3.8) is 0 Å². The van der Waals surface area contributed by atoms with Crippen LogP contribution >= 0.6 is 0 Å². The van der Waals surface area contributed by atoms with Crippen molar-refractivity contribution in [3.8, 4) is 0 Å². The molecule has 1 aromatic heterocycles. The maximum Gasteiger partial charge on any atom is 0.106 e. The second-order valence-electron chi connectivity index (χ2n) is 4.61. The molecule has 18 heavy (non-hydrogen) atoms. The highest BCUT2D eigenvalue weighted by Gasteiger charge is 2.27. The van der Waals surface area contributed by atoms with E-state index in [0.717, 1.165) is 31.7 Å². The molecule has 0 spiro atoms. The fourth-order valence-electron chi connectivity index (χ4n) is 1.81. The fraction of sp³-hybridized carbons (Fsp3) is 0.833. The molecule has 0 saturated carbocycles. The summed E-state index contributed by atoms with van der Waals surface area (Å²) in [6, 6.07) is 0. The number of rotatable bonds is 9. The second kappa shape index (κ2) is 7.45. The lowest BCUT2D eigenvalue weighted by Crippen LogP contribution is -2.31. The van der Waals surface area contributed by atoms with Crippen LogP contribution in [0.1, 0.15) is 32.4 Å². The number of hydrogen-bond donors (Lipinski definition) is 2. The summed E-state index contributed by atoms with van der Waals surface area (Å²) in [6.45, 7) is 6.86. The molecule has 6 heteroatoms. The molecule has 0 aromatic carbocycles. The second-order valence-corrected chi connectivity index (χ2v) is 4.61. The summed E-state index contributed by atoms with van der Waals surface area (Å²) in [7, 11) is 1.67. The molecule has 1 aromatic rings. The topological polar surface area (TPSA) is 72.2 Å². The molecule has 0 fully saturated rings. The van der Waals surface area contributed by atoms with Gasteiger partial charge in [-0.25, -0.2) is 4.68 Å². The highest BCUT2D eigenvalue weighted by molar-refractivity contribution is 5.06. The molecule has 0 bridgehead atoms. The molecule has 0 saturated heterocycles. The highest BCUT2D eigenvalue weighted by Crippen LogP contribution is 2.22. The third-order valence-corrected chi connectivity index (χ3v) is 2.88. The molecule has 0 amide bonds. The Labute approximate surface area is 108 Å². The van der Waals surface area contributed by atoms with Gasteiger partial charge in [0.1, 0.15) is 5.60 Å². The molecule has 104 valence electrons. The van der Waals surface area contributed by atoms with Crippen molar-refractivity contribution in [1.82, 2.24) is 20.3 Å². The van der Waals surface area contributed by atoms with Crippen LogP contribution in [0.3, 0.4) is 0 Å². The largest absolute Gasteiger partial charge is 0.384 e. The summed E-state index contributed by atoms with van der Waals surface area (Å²) in [5.41, 5.74) is -0.128. The summed E-state index contributed by atoms with van der Waals surface area (Å²) < 4.78 is 6.72. The van der Waals surface area contributed by atoms with Gasteiger partial charge in [0.15, 0.2) is 0 Å². The predicted molar refractivity (Wildman–Crippen MR) is 69.2 cm³/mol. The van der Waals surface area contributed by atoms with Crippen molar-refractivity contribution >= 4 is 0 Å². The number of nitrogens with one attached hydrogen (secondary N) is 1. The zero-order chi connectivity index (χ0) is 13.4. The Morgan fingerprint density at radius 1 is 1.50 bits per heavy atom. The number of ether oxygens (including phenoxy) is 1. The SMILES string of the molecule is CCCn1nncc1C(C)(O)CCNCCOC. The molecule has 6 nitrogen and oxygen atoms in total. The predicted octanol–water partition coefficient (Wildman–Crippen LogP) is 0.522. The van der Waals surface area contributed by atoms with Crippen molar-refractivity contribution in [2.24, 2.45) is 0 Å². The lowest BCUT2D eigenvalue weighted by molar-refractivity contribution is 0.0380. The van der Waals surface area contributed by atoms with E-state index in [1.54, 1.807) is 24.9 Å². The van der Waals surface area contributed by atoms with E-state index in [2.05, 4.69) is 22.6 Å². The summed E-state index contributed by atoms with van der Waals surface area (Å²) in [4.78, 5) is 0. The van der Waals surface area contributed by atoms with Crippen LogP contribution in [-0.2, 0) is 16.9 Å². The summed E-state index contributed by atoms with van der Waals surface area (Å²) in [6.07, 6.45) is 3.23. The van der Waals surface area contributed by atoms with Crippen molar-refractivity contribution in [3.05, 3.63) is 11.9 Å². The first-order chi connectivity index (χ1) is 8.61. The van der Waals surface area contributed by atoms with Crippen LogP contribution in [0.15, 0.2) is 6.20 Å². The Hall–Kier alpha value is -0.980. The van der Waals surface area contributed by atoms with Crippen molar-refractivity contribution in [2.75, 3.05) is 26.8 Å². The van der Waals surface area contributed by atoms with Crippen molar-refractivity contribution in [1.29, 1.82) is 0 Å². The van der Waals surface area contributed by atoms with Crippen LogP contribution in [-0.4, -0.2) is 46.9 Å². The Morgan fingerprint density at radius 2 is 2.28 bits per heavy atom. The first kappa shape index (κ1) is 15.1.